The number of hydrogen-bond acceptors (Lipinski definition) is 3. The molecule has 3 nitrogen and oxygen atoms in total. The van der Waals surface area contributed by atoms with Gasteiger partial charge in [-0.2, -0.15) is 0 Å². The number of hydrogen-bond donors (Lipinski definition) is 3. The summed E-state index contributed by atoms with van der Waals surface area (Å²) >= 11 is 0. The van der Waals surface area contributed by atoms with Gasteiger partial charge >= 0.3 is 0 Å². The Bertz CT molecular complexity index is 192. The van der Waals surface area contributed by atoms with Gasteiger partial charge in [0.25, 0.3) is 0 Å². The lowest BCUT2D eigenvalue weighted by atomic mass is 9.88. The van der Waals surface area contributed by atoms with Crippen molar-refractivity contribution in [3.63, 3.8) is 0 Å². The molecule has 90 valence electrons. The quantitative estimate of drug-likeness (QED) is 0.600. The molecule has 0 aliphatic heterocycles. The van der Waals surface area contributed by atoms with Crippen LogP contribution in [-0.4, -0.2) is 34.5 Å². The van der Waals surface area contributed by atoms with E-state index in [1.165, 1.54) is 0 Å². The molecule has 0 heterocycles. The molecular formula is C12H25NO2. The Hall–Kier alpha value is -0.120. The molecule has 1 rings (SSSR count). The molecule has 0 bridgehead atoms. The average molecular weight is 215 g/mol. The van der Waals surface area contributed by atoms with Gasteiger partial charge in [-0.1, -0.05) is 20.8 Å². The number of nitrogens with one attached hydrogen (secondary N) is 1. The van der Waals surface area contributed by atoms with E-state index in [0.29, 0.717) is 24.9 Å². The Balaban J connectivity index is 2.31. The Morgan fingerprint density at radius 2 is 2.00 bits per heavy atom. The van der Waals surface area contributed by atoms with E-state index < -0.39 is 11.7 Å². The molecular weight excluding hydrogens is 190 g/mol. The predicted molar refractivity (Wildman–Crippen MR) is 61.7 cm³/mol. The first-order valence-corrected chi connectivity index (χ1v) is 6.11. The molecule has 1 saturated carbocycles. The van der Waals surface area contributed by atoms with Crippen molar-refractivity contribution in [1.29, 1.82) is 0 Å². The third-order valence-electron chi connectivity index (χ3n) is 3.30. The summed E-state index contributed by atoms with van der Waals surface area (Å²) < 4.78 is 0. The van der Waals surface area contributed by atoms with Gasteiger partial charge in [-0.05, 0) is 25.2 Å². The standard InChI is InChI=1S/C12H25NO2/c1-4-12(15,10-5-6-10)7-11(14)8-13-9(2)3/h9-11,13-15H,4-8H2,1-3H3/t11-,12-/m1/s1. The molecule has 0 amide bonds. The fraction of sp³-hybridized carbons (Fsp3) is 1.00. The molecule has 2 atom stereocenters. The van der Waals surface area contributed by atoms with Crippen LogP contribution in [0.2, 0.25) is 0 Å². The molecule has 15 heavy (non-hydrogen) atoms. The van der Waals surface area contributed by atoms with Crippen LogP contribution in [0.25, 0.3) is 0 Å². The summed E-state index contributed by atoms with van der Waals surface area (Å²) in [6.07, 6.45) is 3.06. The van der Waals surface area contributed by atoms with Gasteiger partial charge in [0.05, 0.1) is 11.7 Å². The number of rotatable bonds is 7. The van der Waals surface area contributed by atoms with Gasteiger partial charge in [0.15, 0.2) is 0 Å². The van der Waals surface area contributed by atoms with Crippen molar-refractivity contribution in [2.24, 2.45) is 5.92 Å². The monoisotopic (exact) mass is 215 g/mol. The second-order valence-electron chi connectivity index (χ2n) is 5.15. The molecule has 1 aliphatic rings. The van der Waals surface area contributed by atoms with Gasteiger partial charge < -0.3 is 15.5 Å². The Labute approximate surface area is 92.9 Å². The third kappa shape index (κ3) is 4.09. The van der Waals surface area contributed by atoms with Crippen LogP contribution in [0.15, 0.2) is 0 Å². The first kappa shape index (κ1) is 12.9. The topological polar surface area (TPSA) is 52.5 Å². The van der Waals surface area contributed by atoms with E-state index in [1.54, 1.807) is 0 Å². The van der Waals surface area contributed by atoms with Gasteiger partial charge in [-0.3, -0.25) is 0 Å². The molecule has 0 spiro atoms. The minimum Gasteiger partial charge on any atom is -0.392 e. The summed E-state index contributed by atoms with van der Waals surface area (Å²) in [4.78, 5) is 0. The highest BCUT2D eigenvalue weighted by Gasteiger charge is 2.43. The van der Waals surface area contributed by atoms with E-state index in [0.717, 1.165) is 19.3 Å². The fourth-order valence-electron chi connectivity index (χ4n) is 2.07. The highest BCUT2D eigenvalue weighted by molar-refractivity contribution is 4.95. The maximum Gasteiger partial charge on any atom is 0.0698 e. The van der Waals surface area contributed by atoms with E-state index in [2.05, 4.69) is 19.2 Å². The molecule has 0 aromatic rings. The van der Waals surface area contributed by atoms with Gasteiger partial charge in [-0.15, -0.1) is 0 Å². The van der Waals surface area contributed by atoms with Crippen molar-refractivity contribution in [1.82, 2.24) is 5.32 Å². The van der Waals surface area contributed by atoms with Crippen molar-refractivity contribution in [2.75, 3.05) is 6.54 Å². The first-order valence-electron chi connectivity index (χ1n) is 6.11. The van der Waals surface area contributed by atoms with Crippen molar-refractivity contribution >= 4 is 0 Å². The zero-order valence-corrected chi connectivity index (χ0v) is 10.2. The Kier molecular flexibility index (Phi) is 4.56. The second-order valence-corrected chi connectivity index (χ2v) is 5.15. The molecule has 0 aromatic heterocycles. The van der Waals surface area contributed by atoms with Crippen LogP contribution >= 0.6 is 0 Å². The molecule has 0 radical (unpaired) electrons. The lowest BCUT2D eigenvalue weighted by molar-refractivity contribution is -0.0312. The zero-order chi connectivity index (χ0) is 11.5. The molecule has 1 fully saturated rings. The summed E-state index contributed by atoms with van der Waals surface area (Å²) in [7, 11) is 0. The zero-order valence-electron chi connectivity index (χ0n) is 10.2. The third-order valence-corrected chi connectivity index (χ3v) is 3.30. The van der Waals surface area contributed by atoms with E-state index >= 15 is 0 Å². The minimum absolute atomic E-state index is 0.385. The number of aliphatic hydroxyl groups is 2. The van der Waals surface area contributed by atoms with Crippen LogP contribution < -0.4 is 5.32 Å². The largest absolute Gasteiger partial charge is 0.392 e. The summed E-state index contributed by atoms with van der Waals surface area (Å²) in [5.41, 5.74) is -0.627. The van der Waals surface area contributed by atoms with E-state index in [4.69, 9.17) is 0 Å². The number of aliphatic hydroxyl groups excluding tert-OH is 1. The molecule has 1 aliphatic carbocycles. The van der Waals surface area contributed by atoms with Crippen molar-refractivity contribution in [3.8, 4) is 0 Å². The average Bonchev–Trinajstić information content (AvgIpc) is 2.97. The van der Waals surface area contributed by atoms with Crippen molar-refractivity contribution in [3.05, 3.63) is 0 Å². The van der Waals surface area contributed by atoms with E-state index in [9.17, 15) is 10.2 Å². The molecule has 3 N–H and O–H groups in total. The van der Waals surface area contributed by atoms with Crippen LogP contribution in [0.4, 0.5) is 0 Å². The van der Waals surface area contributed by atoms with E-state index in [-0.39, 0.29) is 0 Å². The van der Waals surface area contributed by atoms with Crippen LogP contribution in [0.5, 0.6) is 0 Å². The van der Waals surface area contributed by atoms with Gasteiger partial charge in [0.2, 0.25) is 0 Å². The first-order chi connectivity index (χ1) is 6.98. The van der Waals surface area contributed by atoms with Crippen LogP contribution in [-0.2, 0) is 0 Å². The molecule has 0 saturated heterocycles. The maximum atomic E-state index is 10.3. The summed E-state index contributed by atoms with van der Waals surface area (Å²) in [5.74, 6) is 0.427. The Morgan fingerprint density at radius 1 is 1.40 bits per heavy atom. The predicted octanol–water partition coefficient (Wildman–Crippen LogP) is 1.29. The molecule has 3 heteroatoms. The maximum absolute atomic E-state index is 10.3. The second kappa shape index (κ2) is 5.28. The molecule has 0 aromatic carbocycles. The fourth-order valence-corrected chi connectivity index (χ4v) is 2.07. The van der Waals surface area contributed by atoms with Crippen molar-refractivity contribution in [2.45, 2.75) is 64.2 Å². The van der Waals surface area contributed by atoms with Crippen LogP contribution in [0, 0.1) is 5.92 Å². The lowest BCUT2D eigenvalue weighted by Crippen LogP contribution is -2.40. The smallest absolute Gasteiger partial charge is 0.0698 e. The summed E-state index contributed by atoms with van der Waals surface area (Å²) in [5, 5.41) is 23.3. The van der Waals surface area contributed by atoms with Gasteiger partial charge in [0.1, 0.15) is 0 Å². The van der Waals surface area contributed by atoms with Crippen LogP contribution in [0.1, 0.15) is 46.5 Å². The van der Waals surface area contributed by atoms with Crippen molar-refractivity contribution < 1.29 is 10.2 Å². The summed E-state index contributed by atoms with van der Waals surface area (Å²) in [6.45, 7) is 6.69. The highest BCUT2D eigenvalue weighted by atomic mass is 16.3. The van der Waals surface area contributed by atoms with E-state index in [1.807, 2.05) is 6.92 Å². The minimum atomic E-state index is -0.627. The van der Waals surface area contributed by atoms with Gasteiger partial charge in [0, 0.05) is 19.0 Å². The Morgan fingerprint density at radius 3 is 2.40 bits per heavy atom. The highest BCUT2D eigenvalue weighted by Crippen LogP contribution is 2.43. The molecule has 0 unspecified atom stereocenters. The summed E-state index contributed by atoms with van der Waals surface area (Å²) in [6, 6.07) is 0.385. The van der Waals surface area contributed by atoms with Gasteiger partial charge in [-0.25, -0.2) is 0 Å². The lowest BCUT2D eigenvalue weighted by Gasteiger charge is -2.29. The SMILES string of the molecule is CC[C@@](O)(C[C@@H](O)CNC(C)C)C1CC1. The normalized spacial score (nSPS) is 22.8. The van der Waals surface area contributed by atoms with Crippen LogP contribution in [0.3, 0.4) is 0 Å².